The van der Waals surface area contributed by atoms with E-state index in [4.69, 9.17) is 20.8 Å². The Bertz CT molecular complexity index is 1110. The number of hydrogen-bond donors (Lipinski definition) is 0. The van der Waals surface area contributed by atoms with E-state index in [1.807, 2.05) is 60.0 Å². The molecule has 7 heteroatoms. The van der Waals surface area contributed by atoms with Crippen molar-refractivity contribution < 1.29 is 13.9 Å². The fourth-order valence-electron chi connectivity index (χ4n) is 2.79. The fourth-order valence-corrected chi connectivity index (χ4v) is 3.83. The van der Waals surface area contributed by atoms with Crippen molar-refractivity contribution in [2.24, 2.45) is 0 Å². The normalized spacial score (nSPS) is 10.8. The first kappa shape index (κ1) is 19.4. The van der Waals surface area contributed by atoms with Gasteiger partial charge in [0.1, 0.15) is 0 Å². The van der Waals surface area contributed by atoms with Gasteiger partial charge >= 0.3 is 5.97 Å². The summed E-state index contributed by atoms with van der Waals surface area (Å²) in [5.41, 5.74) is 2.70. The summed E-state index contributed by atoms with van der Waals surface area (Å²) in [6.45, 7) is -0.00875. The molecule has 0 N–H and O–H groups in total. The number of carbonyl (C=O) groups is 1. The van der Waals surface area contributed by atoms with Gasteiger partial charge in [-0.15, -0.1) is 11.3 Å². The van der Waals surface area contributed by atoms with E-state index in [1.165, 1.54) is 11.3 Å². The summed E-state index contributed by atoms with van der Waals surface area (Å²) in [5, 5.41) is 3.50. The molecule has 0 aliphatic heterocycles. The van der Waals surface area contributed by atoms with E-state index in [0.717, 1.165) is 16.1 Å². The van der Waals surface area contributed by atoms with Crippen LogP contribution < -0.4 is 0 Å². The molecule has 29 heavy (non-hydrogen) atoms. The van der Waals surface area contributed by atoms with Crippen molar-refractivity contribution in [1.82, 2.24) is 9.97 Å². The molecule has 0 aliphatic rings. The monoisotopic (exact) mass is 424 g/mol. The minimum absolute atomic E-state index is 0.00875. The van der Waals surface area contributed by atoms with Crippen LogP contribution in [0.5, 0.6) is 0 Å². The maximum atomic E-state index is 12.1. The van der Waals surface area contributed by atoms with E-state index in [9.17, 15) is 4.79 Å². The van der Waals surface area contributed by atoms with Gasteiger partial charge in [-0.3, -0.25) is 4.79 Å². The van der Waals surface area contributed by atoms with Crippen LogP contribution in [0.1, 0.15) is 22.2 Å². The lowest BCUT2D eigenvalue weighted by Gasteiger charge is -2.01. The summed E-state index contributed by atoms with van der Waals surface area (Å²) in [5.74, 6) is 0.628. The van der Waals surface area contributed by atoms with Gasteiger partial charge in [-0.2, -0.15) is 0 Å². The molecule has 0 radical (unpaired) electrons. The third-order valence-corrected chi connectivity index (χ3v) is 5.27. The number of carbonyl (C=O) groups excluding carboxylic acids is 1. The van der Waals surface area contributed by atoms with Gasteiger partial charge in [0.15, 0.2) is 12.4 Å². The lowest BCUT2D eigenvalue weighted by Crippen LogP contribution is -2.08. The number of ether oxygens (including phenoxy) is 1. The van der Waals surface area contributed by atoms with Crippen LogP contribution in [-0.2, 0) is 29.0 Å². The topological polar surface area (TPSA) is 65.2 Å². The smallest absolute Gasteiger partial charge is 0.312 e. The van der Waals surface area contributed by atoms with Crippen LogP contribution in [0.2, 0.25) is 5.02 Å². The Hall–Kier alpha value is -2.96. The van der Waals surface area contributed by atoms with Crippen molar-refractivity contribution in [3.05, 3.63) is 93.4 Å². The Morgan fingerprint density at radius 2 is 2.00 bits per heavy atom. The summed E-state index contributed by atoms with van der Waals surface area (Å²) in [7, 11) is 0. The fraction of sp³-hybridized carbons (Fsp3) is 0.136. The average molecular weight is 425 g/mol. The lowest BCUT2D eigenvalue weighted by molar-refractivity contribution is -0.144. The highest BCUT2D eigenvalue weighted by atomic mass is 35.5. The van der Waals surface area contributed by atoms with Crippen molar-refractivity contribution in [1.29, 1.82) is 0 Å². The average Bonchev–Trinajstić information content (AvgIpc) is 3.37. The number of rotatable bonds is 7. The van der Waals surface area contributed by atoms with Gasteiger partial charge in [-0.25, -0.2) is 9.97 Å². The second kappa shape index (κ2) is 9.03. The van der Waals surface area contributed by atoms with E-state index < -0.39 is 0 Å². The van der Waals surface area contributed by atoms with E-state index in [0.29, 0.717) is 28.8 Å². The number of halogens is 1. The van der Waals surface area contributed by atoms with Gasteiger partial charge < -0.3 is 9.15 Å². The summed E-state index contributed by atoms with van der Waals surface area (Å²) in [6, 6.07) is 17.3. The van der Waals surface area contributed by atoms with Gasteiger partial charge in [-0.1, -0.05) is 54.1 Å². The molecule has 0 unspecified atom stereocenters. The Morgan fingerprint density at radius 3 is 2.83 bits per heavy atom. The Morgan fingerprint density at radius 1 is 1.14 bits per heavy atom. The maximum Gasteiger partial charge on any atom is 0.312 e. The summed E-state index contributed by atoms with van der Waals surface area (Å²) in [6.07, 6.45) is 2.41. The molecule has 4 aromatic rings. The molecule has 5 nitrogen and oxygen atoms in total. The van der Waals surface area contributed by atoms with Gasteiger partial charge in [0.05, 0.1) is 23.3 Å². The van der Waals surface area contributed by atoms with Crippen LogP contribution in [0.15, 0.2) is 70.6 Å². The Balaban J connectivity index is 1.29. The molecule has 2 aromatic heterocycles. The van der Waals surface area contributed by atoms with Gasteiger partial charge in [0.2, 0.25) is 5.89 Å². The SMILES string of the molecule is O=C(Cc1csc(Cc2cccc(Cl)c2)n1)OCc1ncc(-c2ccccc2)o1. The molecule has 0 saturated carbocycles. The second-order valence-electron chi connectivity index (χ2n) is 6.36. The summed E-state index contributed by atoms with van der Waals surface area (Å²) >= 11 is 7.53. The second-order valence-corrected chi connectivity index (χ2v) is 7.74. The molecule has 4 rings (SSSR count). The summed E-state index contributed by atoms with van der Waals surface area (Å²) in [4.78, 5) is 20.8. The van der Waals surface area contributed by atoms with Crippen LogP contribution in [0.25, 0.3) is 11.3 Å². The molecule has 0 aliphatic carbocycles. The molecule has 0 spiro atoms. The predicted molar refractivity (Wildman–Crippen MR) is 112 cm³/mol. The quantitative estimate of drug-likeness (QED) is 0.375. The number of aromatic nitrogens is 2. The van der Waals surface area contributed by atoms with Crippen molar-refractivity contribution in [3.8, 4) is 11.3 Å². The van der Waals surface area contributed by atoms with Crippen molar-refractivity contribution in [2.45, 2.75) is 19.4 Å². The molecule has 0 atom stereocenters. The number of thiazole rings is 1. The first-order valence-electron chi connectivity index (χ1n) is 8.99. The van der Waals surface area contributed by atoms with E-state index in [2.05, 4.69) is 9.97 Å². The number of benzene rings is 2. The first-order chi connectivity index (χ1) is 14.2. The van der Waals surface area contributed by atoms with Crippen LogP contribution in [0, 0.1) is 0 Å². The van der Waals surface area contributed by atoms with E-state index in [-0.39, 0.29) is 19.0 Å². The highest BCUT2D eigenvalue weighted by Gasteiger charge is 2.12. The largest absolute Gasteiger partial charge is 0.455 e. The molecular weight excluding hydrogens is 408 g/mol. The van der Waals surface area contributed by atoms with Crippen LogP contribution in [0.4, 0.5) is 0 Å². The molecule has 0 amide bonds. The highest BCUT2D eigenvalue weighted by molar-refractivity contribution is 7.09. The molecule has 0 saturated heterocycles. The van der Waals surface area contributed by atoms with Crippen molar-refractivity contribution >= 4 is 28.9 Å². The minimum atomic E-state index is -0.371. The molecular formula is C22H17ClN2O3S. The third-order valence-electron chi connectivity index (χ3n) is 4.14. The zero-order chi connectivity index (χ0) is 20.1. The zero-order valence-corrected chi connectivity index (χ0v) is 16.9. The molecule has 0 bridgehead atoms. The first-order valence-corrected chi connectivity index (χ1v) is 10.2. The number of hydrogen-bond acceptors (Lipinski definition) is 6. The number of oxazole rings is 1. The maximum absolute atomic E-state index is 12.1. The van der Waals surface area contributed by atoms with Crippen LogP contribution >= 0.6 is 22.9 Å². The molecule has 2 aromatic carbocycles. The third kappa shape index (κ3) is 5.31. The van der Waals surface area contributed by atoms with Crippen molar-refractivity contribution in [2.75, 3.05) is 0 Å². The van der Waals surface area contributed by atoms with Crippen molar-refractivity contribution in [3.63, 3.8) is 0 Å². The van der Waals surface area contributed by atoms with Crippen LogP contribution in [0.3, 0.4) is 0 Å². The standard InChI is InChI=1S/C22H17ClN2O3S/c23-17-8-4-5-15(9-17)10-21-25-18(14-29-21)11-22(26)27-13-20-24-12-19(28-20)16-6-2-1-3-7-16/h1-9,12,14H,10-11,13H2. The molecule has 2 heterocycles. The van der Waals surface area contributed by atoms with E-state index >= 15 is 0 Å². The molecule has 0 fully saturated rings. The lowest BCUT2D eigenvalue weighted by atomic mass is 10.2. The predicted octanol–water partition coefficient (Wildman–Crippen LogP) is 5.33. The Kier molecular flexibility index (Phi) is 6.03. The molecule has 146 valence electrons. The Labute approximate surface area is 177 Å². The van der Waals surface area contributed by atoms with Gasteiger partial charge in [-0.05, 0) is 17.7 Å². The highest BCUT2D eigenvalue weighted by Crippen LogP contribution is 2.21. The number of nitrogens with zero attached hydrogens (tertiary/aromatic N) is 2. The zero-order valence-electron chi connectivity index (χ0n) is 15.4. The summed E-state index contributed by atoms with van der Waals surface area (Å²) < 4.78 is 10.9. The van der Waals surface area contributed by atoms with Crippen LogP contribution in [-0.4, -0.2) is 15.9 Å². The van der Waals surface area contributed by atoms with Gasteiger partial charge in [0, 0.05) is 22.4 Å². The minimum Gasteiger partial charge on any atom is -0.455 e. The van der Waals surface area contributed by atoms with E-state index in [1.54, 1.807) is 6.20 Å². The number of esters is 1. The van der Waals surface area contributed by atoms with Gasteiger partial charge in [0.25, 0.3) is 0 Å².